The minimum absolute atomic E-state index is 0.326. The third-order valence-corrected chi connectivity index (χ3v) is 4.18. The second-order valence-electron chi connectivity index (χ2n) is 4.25. The first-order chi connectivity index (χ1) is 7.58. The van der Waals surface area contributed by atoms with Crippen LogP contribution in [-0.2, 0) is 11.2 Å². The lowest BCUT2D eigenvalue weighted by molar-refractivity contribution is -0.116. The van der Waals surface area contributed by atoms with Crippen molar-refractivity contribution in [3.05, 3.63) is 33.4 Å². The first-order valence-corrected chi connectivity index (χ1v) is 7.65. The Labute approximate surface area is 116 Å². The maximum absolute atomic E-state index is 11.7. The molecule has 0 N–H and O–H groups in total. The Kier molecular flexibility index (Phi) is 6.43. The van der Waals surface area contributed by atoms with Gasteiger partial charge in [0.25, 0.3) is 0 Å². The molecule has 0 aliphatic rings. The van der Waals surface area contributed by atoms with Crippen LogP contribution >= 0.6 is 34.4 Å². The van der Waals surface area contributed by atoms with Gasteiger partial charge < -0.3 is 0 Å². The second kappa shape index (κ2) is 7.33. The predicted molar refractivity (Wildman–Crippen MR) is 80.0 cm³/mol. The molecule has 1 rings (SSSR count). The monoisotopic (exact) mass is 348 g/mol. The van der Waals surface area contributed by atoms with E-state index in [0.29, 0.717) is 23.9 Å². The maximum Gasteiger partial charge on any atom is 0.147 e. The molecule has 0 unspecified atom stereocenters. The topological polar surface area (TPSA) is 17.1 Å². The normalized spacial score (nSPS) is 10.8. The number of hydrogen-bond acceptors (Lipinski definition) is 2. The number of Topliss-reactive ketones (excluding diaryl/α,β-unsaturated/α-hetero) is 1. The van der Waals surface area contributed by atoms with Crippen molar-refractivity contribution < 1.29 is 4.79 Å². The van der Waals surface area contributed by atoms with Crippen molar-refractivity contribution in [3.8, 4) is 0 Å². The molecule has 1 aromatic carbocycles. The van der Waals surface area contributed by atoms with E-state index in [1.807, 2.05) is 24.3 Å². The lowest BCUT2D eigenvalue weighted by Gasteiger charge is -2.04. The third kappa shape index (κ3) is 5.89. The molecule has 1 nitrogen and oxygen atoms in total. The van der Waals surface area contributed by atoms with Gasteiger partial charge in [0.05, 0.1) is 5.75 Å². The van der Waals surface area contributed by atoms with E-state index in [1.165, 1.54) is 3.57 Å². The molecule has 0 aliphatic heterocycles. The van der Waals surface area contributed by atoms with Crippen molar-refractivity contribution in [2.24, 2.45) is 5.92 Å². The van der Waals surface area contributed by atoms with E-state index in [-0.39, 0.29) is 0 Å². The molecule has 0 spiro atoms. The van der Waals surface area contributed by atoms with Gasteiger partial charge in [-0.25, -0.2) is 0 Å². The van der Waals surface area contributed by atoms with E-state index in [2.05, 4.69) is 36.4 Å². The zero-order valence-electron chi connectivity index (χ0n) is 9.70. The van der Waals surface area contributed by atoms with Gasteiger partial charge in [-0.05, 0) is 52.0 Å². The summed E-state index contributed by atoms with van der Waals surface area (Å²) in [6, 6.07) is 8.16. The van der Waals surface area contributed by atoms with Crippen molar-refractivity contribution >= 4 is 40.1 Å². The van der Waals surface area contributed by atoms with Crippen molar-refractivity contribution in [1.82, 2.24) is 0 Å². The number of ketones is 1. The number of carbonyl (C=O) groups excluding carboxylic acids is 1. The van der Waals surface area contributed by atoms with Gasteiger partial charge in [-0.2, -0.15) is 11.8 Å². The average Bonchev–Trinajstić information content (AvgIpc) is 2.21. The van der Waals surface area contributed by atoms with Crippen LogP contribution in [-0.4, -0.2) is 17.3 Å². The highest BCUT2D eigenvalue weighted by Crippen LogP contribution is 2.11. The first-order valence-electron chi connectivity index (χ1n) is 5.42. The molecule has 0 heterocycles. The molecule has 3 heteroatoms. The molecular formula is C13H17IOS. The summed E-state index contributed by atoms with van der Waals surface area (Å²) in [6.07, 6.45) is 0.571. The van der Waals surface area contributed by atoms with Crippen LogP contribution in [0.2, 0.25) is 0 Å². The van der Waals surface area contributed by atoms with Crippen molar-refractivity contribution in [2.75, 3.05) is 11.5 Å². The summed E-state index contributed by atoms with van der Waals surface area (Å²) in [5.74, 6) is 2.70. The summed E-state index contributed by atoms with van der Waals surface area (Å²) in [6.45, 7) is 4.35. The fraction of sp³-hybridized carbons (Fsp3) is 0.462. The van der Waals surface area contributed by atoms with Gasteiger partial charge in [0, 0.05) is 9.99 Å². The molecule has 88 valence electrons. The van der Waals surface area contributed by atoms with Crippen LogP contribution in [0, 0.1) is 9.49 Å². The van der Waals surface area contributed by atoms with Crippen LogP contribution in [0.5, 0.6) is 0 Å². The van der Waals surface area contributed by atoms with Crippen molar-refractivity contribution in [3.63, 3.8) is 0 Å². The summed E-state index contributed by atoms with van der Waals surface area (Å²) in [5, 5.41) is 0. The SMILES string of the molecule is CC(C)CSCC(=O)Cc1ccc(I)cc1. The highest BCUT2D eigenvalue weighted by atomic mass is 127. The number of halogens is 1. The molecule has 16 heavy (non-hydrogen) atoms. The smallest absolute Gasteiger partial charge is 0.147 e. The molecule has 0 atom stereocenters. The van der Waals surface area contributed by atoms with E-state index in [9.17, 15) is 4.79 Å². The van der Waals surface area contributed by atoms with Crippen LogP contribution in [0.4, 0.5) is 0 Å². The molecule has 0 aromatic heterocycles. The molecule has 0 amide bonds. The minimum Gasteiger partial charge on any atom is -0.298 e. The van der Waals surface area contributed by atoms with Gasteiger partial charge in [0.2, 0.25) is 0 Å². The Balaban J connectivity index is 2.31. The molecule has 0 saturated carbocycles. The number of carbonyl (C=O) groups is 1. The van der Waals surface area contributed by atoms with Crippen molar-refractivity contribution in [1.29, 1.82) is 0 Å². The molecule has 0 radical (unpaired) electrons. The van der Waals surface area contributed by atoms with Gasteiger partial charge in [0.15, 0.2) is 0 Å². The summed E-state index contributed by atoms with van der Waals surface area (Å²) in [7, 11) is 0. The minimum atomic E-state index is 0.326. The van der Waals surface area contributed by atoms with Crippen LogP contribution in [0.1, 0.15) is 19.4 Å². The van der Waals surface area contributed by atoms with Gasteiger partial charge in [-0.1, -0.05) is 26.0 Å². The Bertz CT molecular complexity index is 332. The van der Waals surface area contributed by atoms with Crippen LogP contribution in [0.3, 0.4) is 0 Å². The van der Waals surface area contributed by atoms with Gasteiger partial charge in [0.1, 0.15) is 5.78 Å². The number of thioether (sulfide) groups is 1. The molecule has 0 bridgehead atoms. The molecule has 0 fully saturated rings. The van der Waals surface area contributed by atoms with Crippen molar-refractivity contribution in [2.45, 2.75) is 20.3 Å². The maximum atomic E-state index is 11.7. The Morgan fingerprint density at radius 3 is 2.50 bits per heavy atom. The second-order valence-corrected chi connectivity index (χ2v) is 6.53. The molecular weight excluding hydrogens is 331 g/mol. The summed E-state index contributed by atoms with van der Waals surface area (Å²) in [4.78, 5) is 11.7. The standard InChI is InChI=1S/C13H17IOS/c1-10(2)8-16-9-13(15)7-11-3-5-12(14)6-4-11/h3-6,10H,7-9H2,1-2H3. The zero-order chi connectivity index (χ0) is 12.0. The number of hydrogen-bond donors (Lipinski definition) is 0. The molecule has 0 aliphatic carbocycles. The number of rotatable bonds is 6. The fourth-order valence-electron chi connectivity index (χ4n) is 1.29. The van der Waals surface area contributed by atoms with E-state index in [1.54, 1.807) is 11.8 Å². The predicted octanol–water partition coefficient (Wildman–Crippen LogP) is 3.79. The lowest BCUT2D eigenvalue weighted by atomic mass is 10.1. The lowest BCUT2D eigenvalue weighted by Crippen LogP contribution is -2.07. The van der Waals surface area contributed by atoms with Gasteiger partial charge in [-0.3, -0.25) is 4.79 Å². The quantitative estimate of drug-likeness (QED) is 0.728. The van der Waals surface area contributed by atoms with Gasteiger partial charge in [-0.15, -0.1) is 0 Å². The largest absolute Gasteiger partial charge is 0.298 e. The highest BCUT2D eigenvalue weighted by Gasteiger charge is 2.04. The Hall–Kier alpha value is -0.0300. The number of benzene rings is 1. The average molecular weight is 348 g/mol. The van der Waals surface area contributed by atoms with E-state index < -0.39 is 0 Å². The van der Waals surface area contributed by atoms with Gasteiger partial charge >= 0.3 is 0 Å². The van der Waals surface area contributed by atoms with E-state index >= 15 is 0 Å². The summed E-state index contributed by atoms with van der Waals surface area (Å²) < 4.78 is 1.21. The summed E-state index contributed by atoms with van der Waals surface area (Å²) >= 11 is 4.01. The van der Waals surface area contributed by atoms with Crippen LogP contribution < -0.4 is 0 Å². The highest BCUT2D eigenvalue weighted by molar-refractivity contribution is 14.1. The third-order valence-electron chi connectivity index (χ3n) is 2.03. The summed E-state index contributed by atoms with van der Waals surface area (Å²) in [5.41, 5.74) is 1.12. The Morgan fingerprint density at radius 1 is 1.31 bits per heavy atom. The van der Waals surface area contributed by atoms with Crippen LogP contribution in [0.15, 0.2) is 24.3 Å². The fourth-order valence-corrected chi connectivity index (χ4v) is 2.57. The first kappa shape index (κ1) is 14.0. The zero-order valence-corrected chi connectivity index (χ0v) is 12.7. The van der Waals surface area contributed by atoms with E-state index in [4.69, 9.17) is 0 Å². The molecule has 0 saturated heterocycles. The van der Waals surface area contributed by atoms with Crippen LogP contribution in [0.25, 0.3) is 0 Å². The van der Waals surface area contributed by atoms with E-state index in [0.717, 1.165) is 11.3 Å². The Morgan fingerprint density at radius 2 is 1.94 bits per heavy atom. The molecule has 1 aromatic rings.